The van der Waals surface area contributed by atoms with E-state index >= 15 is 0 Å². The van der Waals surface area contributed by atoms with Crippen molar-refractivity contribution in [3.63, 3.8) is 0 Å². The molecule has 1 amide bonds. The van der Waals surface area contributed by atoms with Gasteiger partial charge in [0.2, 0.25) is 0 Å². The summed E-state index contributed by atoms with van der Waals surface area (Å²) in [4.78, 5) is 12.2. The Labute approximate surface area is 131 Å². The molecule has 3 N–H and O–H groups in total. The summed E-state index contributed by atoms with van der Waals surface area (Å²) in [5, 5.41) is 3.19. The molecule has 0 aromatic heterocycles. The van der Waals surface area contributed by atoms with E-state index in [9.17, 15) is 4.79 Å². The number of anilines is 1. The lowest BCUT2D eigenvalue weighted by molar-refractivity contribution is 0.0940. The van der Waals surface area contributed by atoms with Gasteiger partial charge in [-0.15, -0.1) is 0 Å². The summed E-state index contributed by atoms with van der Waals surface area (Å²) in [6.45, 7) is 1.92. The molecule has 0 aliphatic rings. The monoisotopic (exact) mass is 352 g/mol. The van der Waals surface area contributed by atoms with Gasteiger partial charge in [-0.2, -0.15) is 0 Å². The van der Waals surface area contributed by atoms with Crippen LogP contribution in [0, 0.1) is 0 Å². The molecule has 3 nitrogen and oxygen atoms in total. The van der Waals surface area contributed by atoms with Crippen LogP contribution in [0.15, 0.2) is 46.9 Å². The molecule has 0 saturated heterocycles. The molecule has 20 heavy (non-hydrogen) atoms. The summed E-state index contributed by atoms with van der Waals surface area (Å²) in [5.74, 6) is -0.238. The van der Waals surface area contributed by atoms with Crippen LogP contribution in [0.3, 0.4) is 0 Å². The lowest BCUT2D eigenvalue weighted by atomic mass is 10.1. The highest BCUT2D eigenvalue weighted by Crippen LogP contribution is 2.24. The van der Waals surface area contributed by atoms with E-state index in [1.54, 1.807) is 18.2 Å². The highest BCUT2D eigenvalue weighted by molar-refractivity contribution is 9.10. The smallest absolute Gasteiger partial charge is 0.253 e. The Morgan fingerprint density at radius 3 is 2.55 bits per heavy atom. The number of nitrogens with one attached hydrogen (secondary N) is 1. The average molecular weight is 354 g/mol. The highest BCUT2D eigenvalue weighted by atomic mass is 79.9. The van der Waals surface area contributed by atoms with Gasteiger partial charge in [0.25, 0.3) is 5.91 Å². The van der Waals surface area contributed by atoms with E-state index in [-0.39, 0.29) is 17.0 Å². The van der Waals surface area contributed by atoms with E-state index in [0.29, 0.717) is 11.3 Å². The van der Waals surface area contributed by atoms with Crippen LogP contribution in [0.4, 0.5) is 5.69 Å². The lowest BCUT2D eigenvalue weighted by Gasteiger charge is -2.15. The first-order chi connectivity index (χ1) is 9.49. The van der Waals surface area contributed by atoms with Crippen molar-refractivity contribution in [2.75, 3.05) is 5.73 Å². The maximum atomic E-state index is 12.2. The molecule has 0 fully saturated rings. The third kappa shape index (κ3) is 3.32. The molecular weight excluding hydrogens is 340 g/mol. The van der Waals surface area contributed by atoms with Gasteiger partial charge in [-0.25, -0.2) is 0 Å². The number of halogens is 2. The van der Waals surface area contributed by atoms with Crippen LogP contribution in [0.25, 0.3) is 0 Å². The number of hydrogen-bond donors (Lipinski definition) is 2. The Bertz CT molecular complexity index is 628. The third-order valence-corrected chi connectivity index (χ3v) is 3.94. The van der Waals surface area contributed by atoms with Gasteiger partial charge >= 0.3 is 0 Å². The number of rotatable bonds is 3. The Hall–Kier alpha value is -1.52. The van der Waals surface area contributed by atoms with Gasteiger partial charge in [0.05, 0.1) is 22.3 Å². The molecule has 0 aliphatic heterocycles. The quantitative estimate of drug-likeness (QED) is 0.813. The molecule has 2 aromatic rings. The first-order valence-corrected chi connectivity index (χ1v) is 7.26. The molecular formula is C15H14BrClN2O. The Kier molecular flexibility index (Phi) is 4.68. The Morgan fingerprint density at radius 1 is 1.25 bits per heavy atom. The van der Waals surface area contributed by atoms with Crippen molar-refractivity contribution >= 4 is 39.1 Å². The number of benzene rings is 2. The van der Waals surface area contributed by atoms with Crippen molar-refractivity contribution in [1.29, 1.82) is 0 Å². The third-order valence-electron chi connectivity index (χ3n) is 2.99. The standard InChI is InChI=1S/C15H14BrClN2O/c1-9(10-5-7-11(16)8-6-10)19-15(20)12-3-2-4-13(18)14(12)17/h2-9H,18H2,1H3,(H,19,20)/t9-/m0/s1. The van der Waals surface area contributed by atoms with Crippen molar-refractivity contribution in [2.24, 2.45) is 0 Å². The molecule has 0 aliphatic carbocycles. The SMILES string of the molecule is C[C@H](NC(=O)c1cccc(N)c1Cl)c1ccc(Br)cc1. The zero-order valence-corrected chi connectivity index (χ0v) is 13.2. The fraction of sp³-hybridized carbons (Fsp3) is 0.133. The van der Waals surface area contributed by atoms with Gasteiger partial charge in [0.15, 0.2) is 0 Å². The van der Waals surface area contributed by atoms with Crippen LogP contribution in [0.2, 0.25) is 5.02 Å². The summed E-state index contributed by atoms with van der Waals surface area (Å²) in [6, 6.07) is 12.7. The second-order valence-electron chi connectivity index (χ2n) is 4.46. The van der Waals surface area contributed by atoms with Crippen molar-refractivity contribution < 1.29 is 4.79 Å². The van der Waals surface area contributed by atoms with Gasteiger partial charge in [0, 0.05) is 4.47 Å². The molecule has 0 saturated carbocycles. The summed E-state index contributed by atoms with van der Waals surface area (Å²) in [7, 11) is 0. The number of amides is 1. The van der Waals surface area contributed by atoms with E-state index in [4.69, 9.17) is 17.3 Å². The Balaban J connectivity index is 2.15. The number of nitrogen functional groups attached to an aromatic ring is 1. The van der Waals surface area contributed by atoms with Crippen molar-refractivity contribution in [1.82, 2.24) is 5.32 Å². The van der Waals surface area contributed by atoms with E-state index in [2.05, 4.69) is 21.2 Å². The minimum Gasteiger partial charge on any atom is -0.398 e. The molecule has 0 spiro atoms. The normalized spacial score (nSPS) is 11.9. The van der Waals surface area contributed by atoms with Crippen molar-refractivity contribution in [3.8, 4) is 0 Å². The molecule has 104 valence electrons. The molecule has 2 aromatic carbocycles. The van der Waals surface area contributed by atoms with Gasteiger partial charge in [0.1, 0.15) is 0 Å². The molecule has 5 heteroatoms. The average Bonchev–Trinajstić information content (AvgIpc) is 2.42. The van der Waals surface area contributed by atoms with E-state index in [1.165, 1.54) is 0 Å². The van der Waals surface area contributed by atoms with Gasteiger partial charge in [-0.3, -0.25) is 4.79 Å². The van der Waals surface area contributed by atoms with Crippen LogP contribution in [-0.4, -0.2) is 5.91 Å². The van der Waals surface area contributed by atoms with Gasteiger partial charge in [-0.1, -0.05) is 45.7 Å². The predicted octanol–water partition coefficient (Wildman–Crippen LogP) is 4.18. The van der Waals surface area contributed by atoms with Gasteiger partial charge < -0.3 is 11.1 Å². The van der Waals surface area contributed by atoms with Crippen LogP contribution in [0.1, 0.15) is 28.9 Å². The topological polar surface area (TPSA) is 55.1 Å². The molecule has 0 heterocycles. The highest BCUT2D eigenvalue weighted by Gasteiger charge is 2.15. The fourth-order valence-corrected chi connectivity index (χ4v) is 2.31. The zero-order chi connectivity index (χ0) is 14.7. The maximum absolute atomic E-state index is 12.2. The van der Waals surface area contributed by atoms with Crippen molar-refractivity contribution in [2.45, 2.75) is 13.0 Å². The molecule has 0 radical (unpaired) electrons. The second kappa shape index (κ2) is 6.29. The summed E-state index contributed by atoms with van der Waals surface area (Å²) >= 11 is 9.43. The number of carbonyl (C=O) groups excluding carboxylic acids is 1. The van der Waals surface area contributed by atoms with Crippen LogP contribution in [-0.2, 0) is 0 Å². The van der Waals surface area contributed by atoms with Crippen LogP contribution in [0.5, 0.6) is 0 Å². The number of nitrogens with two attached hydrogens (primary N) is 1. The molecule has 0 bridgehead atoms. The van der Waals surface area contributed by atoms with E-state index < -0.39 is 0 Å². The van der Waals surface area contributed by atoms with E-state index in [1.807, 2.05) is 31.2 Å². The minimum atomic E-state index is -0.238. The van der Waals surface area contributed by atoms with Crippen molar-refractivity contribution in [3.05, 3.63) is 63.1 Å². The number of hydrogen-bond acceptors (Lipinski definition) is 2. The lowest BCUT2D eigenvalue weighted by Crippen LogP contribution is -2.27. The summed E-state index contributed by atoms with van der Waals surface area (Å²) < 4.78 is 0.999. The van der Waals surface area contributed by atoms with Gasteiger partial charge in [-0.05, 0) is 36.8 Å². The first-order valence-electron chi connectivity index (χ1n) is 6.09. The summed E-state index contributed by atoms with van der Waals surface area (Å²) in [5.41, 5.74) is 7.50. The first kappa shape index (κ1) is 14.9. The zero-order valence-electron chi connectivity index (χ0n) is 10.9. The summed E-state index contributed by atoms with van der Waals surface area (Å²) in [6.07, 6.45) is 0. The maximum Gasteiger partial charge on any atom is 0.253 e. The largest absolute Gasteiger partial charge is 0.398 e. The van der Waals surface area contributed by atoms with Crippen LogP contribution >= 0.6 is 27.5 Å². The predicted molar refractivity (Wildman–Crippen MR) is 85.9 cm³/mol. The molecule has 0 unspecified atom stereocenters. The molecule has 1 atom stereocenters. The fourth-order valence-electron chi connectivity index (χ4n) is 1.83. The minimum absolute atomic E-state index is 0.118. The molecule has 2 rings (SSSR count). The Morgan fingerprint density at radius 2 is 1.90 bits per heavy atom. The number of carbonyl (C=O) groups is 1. The van der Waals surface area contributed by atoms with E-state index in [0.717, 1.165) is 10.0 Å². The van der Waals surface area contributed by atoms with Crippen LogP contribution < -0.4 is 11.1 Å². The second-order valence-corrected chi connectivity index (χ2v) is 5.75.